The molecule has 6 heteroatoms. The summed E-state index contributed by atoms with van der Waals surface area (Å²) >= 11 is 0. The van der Waals surface area contributed by atoms with E-state index in [9.17, 15) is 0 Å². The first-order valence-electron chi connectivity index (χ1n) is 24.3. The van der Waals surface area contributed by atoms with Gasteiger partial charge in [0.2, 0.25) is 0 Å². The molecule has 0 N–H and O–H groups in total. The predicted octanol–water partition coefficient (Wildman–Crippen LogP) is 15.2. The lowest BCUT2D eigenvalue weighted by atomic mass is 9.75. The highest BCUT2D eigenvalue weighted by atomic mass is 16.2. The van der Waals surface area contributed by atoms with Gasteiger partial charge in [-0.25, -0.2) is 0 Å². The van der Waals surface area contributed by atoms with Crippen LogP contribution in [0.25, 0.3) is 87.6 Å². The number of aryl methyl sites for hydroxylation is 4. The number of rotatable bonds is 10. The number of carbonyl (C=O) groups is 4. The van der Waals surface area contributed by atoms with Gasteiger partial charge in [-0.3, -0.25) is 29.0 Å². The average molecular weight is 891 g/mol. The molecule has 0 radical (unpaired) electrons. The van der Waals surface area contributed by atoms with Gasteiger partial charge in [-0.2, -0.15) is 0 Å². The van der Waals surface area contributed by atoms with Crippen LogP contribution in [0.2, 0.25) is 0 Å². The van der Waals surface area contributed by atoms with E-state index in [4.69, 9.17) is 0 Å². The molecule has 6 nitrogen and oxygen atoms in total. The summed E-state index contributed by atoms with van der Waals surface area (Å²) < 4.78 is 0. The summed E-state index contributed by atoms with van der Waals surface area (Å²) in [6.07, 6.45) is 2.49. The third kappa shape index (κ3) is 6.22. The minimum atomic E-state index is -0.303. The summed E-state index contributed by atoms with van der Waals surface area (Å²) in [6, 6.07) is 41.0. The van der Waals surface area contributed by atoms with Crippen LogP contribution in [0.4, 0.5) is 0 Å². The van der Waals surface area contributed by atoms with Gasteiger partial charge in [0.25, 0.3) is 23.6 Å². The normalized spacial score (nSPS) is 13.9. The average Bonchev–Trinajstić information content (AvgIpc) is 3.34. The molecule has 2 heterocycles. The first kappa shape index (κ1) is 43.1. The van der Waals surface area contributed by atoms with Crippen molar-refractivity contribution in [3.63, 3.8) is 0 Å². The molecule has 0 unspecified atom stereocenters. The maximum Gasteiger partial charge on any atom is 0.262 e. The standard InChI is InChI=1S/C62H54N2O4/c1-9-41(10-2)63-59(65)53-43(37-21-13-33(5)14-22-37)29-47-49-31-45(39-25-17-35(7)18-26-39)55-58-52(49)50(48-30-44(38-23-15-34(6)16-24-38)54(60(63)66)57(53)51(47)48)32-46(40-27-19-36(8)20-28-40)56(58)62(68)64(61(55)67)42(11-3)12-4/h13-32,41-42H,9-12H2,1-8H3. The van der Waals surface area contributed by atoms with Crippen LogP contribution in [-0.2, 0) is 0 Å². The fourth-order valence-corrected chi connectivity index (χ4v) is 11.5. The molecule has 336 valence electrons. The molecule has 0 bridgehead atoms. The topological polar surface area (TPSA) is 74.8 Å². The van der Waals surface area contributed by atoms with E-state index in [1.54, 1.807) is 0 Å². The summed E-state index contributed by atoms with van der Waals surface area (Å²) in [6.45, 7) is 16.4. The van der Waals surface area contributed by atoms with E-state index in [0.29, 0.717) is 58.7 Å². The van der Waals surface area contributed by atoms with Gasteiger partial charge in [-0.05, 0) is 154 Å². The zero-order chi connectivity index (χ0) is 47.4. The zero-order valence-corrected chi connectivity index (χ0v) is 40.1. The molecule has 2 aliphatic heterocycles. The maximum absolute atomic E-state index is 15.6. The highest BCUT2D eigenvalue weighted by Crippen LogP contribution is 2.54. The first-order valence-corrected chi connectivity index (χ1v) is 24.3. The molecule has 0 fully saturated rings. The Morgan fingerprint density at radius 3 is 0.721 bits per heavy atom. The van der Waals surface area contributed by atoms with Crippen molar-refractivity contribution in [3.05, 3.63) is 166 Å². The van der Waals surface area contributed by atoms with E-state index in [-0.39, 0.29) is 35.7 Å². The molecule has 0 saturated carbocycles. The van der Waals surface area contributed by atoms with Crippen LogP contribution in [0, 0.1) is 27.7 Å². The molecule has 0 aromatic heterocycles. The number of nitrogens with zero attached hydrogens (tertiary/aromatic N) is 2. The quantitative estimate of drug-likeness (QED) is 0.0779. The van der Waals surface area contributed by atoms with Crippen molar-refractivity contribution in [3.8, 4) is 44.5 Å². The SMILES string of the molecule is CCC(CC)N1C(=O)c2c(-c3ccc(C)cc3)cc3c4cc(-c5ccc(C)cc5)c5c6c(c(-c7ccc(C)cc7)cc(c7cc(-c8ccc(C)cc8)c(c2c37)C1=O)c64)C(=O)N(C(CC)CC)C5=O. The first-order chi connectivity index (χ1) is 32.9. The molecule has 9 aromatic carbocycles. The van der Waals surface area contributed by atoms with E-state index < -0.39 is 0 Å². The van der Waals surface area contributed by atoms with E-state index in [2.05, 4.69) is 149 Å². The number of amides is 4. The van der Waals surface area contributed by atoms with Crippen LogP contribution in [-0.4, -0.2) is 45.5 Å². The van der Waals surface area contributed by atoms with Gasteiger partial charge in [0.05, 0.1) is 22.3 Å². The lowest BCUT2D eigenvalue weighted by Gasteiger charge is -2.37. The Morgan fingerprint density at radius 2 is 0.529 bits per heavy atom. The maximum atomic E-state index is 15.6. The fraction of sp³-hybridized carbons (Fsp3) is 0.226. The second-order valence-electron chi connectivity index (χ2n) is 19.3. The molecule has 2 aliphatic rings. The van der Waals surface area contributed by atoms with Gasteiger partial charge in [0.15, 0.2) is 0 Å². The Hall–Kier alpha value is -7.44. The number of fused-ring (bicyclic) bond motifs is 2. The lowest BCUT2D eigenvalue weighted by molar-refractivity contribution is 0.0515. The summed E-state index contributed by atoms with van der Waals surface area (Å²) in [7, 11) is 0. The molecular formula is C62H54N2O4. The van der Waals surface area contributed by atoms with Gasteiger partial charge in [0.1, 0.15) is 0 Å². The van der Waals surface area contributed by atoms with Crippen molar-refractivity contribution in [1.82, 2.24) is 9.80 Å². The fourth-order valence-electron chi connectivity index (χ4n) is 11.5. The molecule has 9 aromatic rings. The van der Waals surface area contributed by atoms with Gasteiger partial charge in [-0.15, -0.1) is 0 Å². The number of benzene rings is 9. The van der Waals surface area contributed by atoms with Crippen molar-refractivity contribution >= 4 is 66.7 Å². The second kappa shape index (κ2) is 16.1. The van der Waals surface area contributed by atoms with Gasteiger partial charge in [0, 0.05) is 22.9 Å². The van der Waals surface area contributed by atoms with E-state index in [1.807, 2.05) is 27.7 Å². The highest BCUT2D eigenvalue weighted by molar-refractivity contribution is 6.45. The van der Waals surface area contributed by atoms with Crippen LogP contribution in [0.15, 0.2) is 121 Å². The third-order valence-electron chi connectivity index (χ3n) is 15.2. The van der Waals surface area contributed by atoms with Gasteiger partial charge < -0.3 is 0 Å². The Morgan fingerprint density at radius 1 is 0.324 bits per heavy atom. The summed E-state index contributed by atoms with van der Waals surface area (Å²) in [4.78, 5) is 65.4. The molecule has 0 saturated heterocycles. The van der Waals surface area contributed by atoms with E-state index in [1.165, 1.54) is 9.80 Å². The van der Waals surface area contributed by atoms with Crippen LogP contribution < -0.4 is 0 Å². The van der Waals surface area contributed by atoms with Crippen LogP contribution in [0.3, 0.4) is 0 Å². The molecular weight excluding hydrogens is 837 g/mol. The summed E-state index contributed by atoms with van der Waals surface area (Å²) in [5, 5.41) is 6.34. The number of hydrogen-bond donors (Lipinski definition) is 0. The second-order valence-corrected chi connectivity index (χ2v) is 19.3. The Balaban J connectivity index is 1.44. The lowest BCUT2D eigenvalue weighted by Crippen LogP contribution is -2.47. The van der Waals surface area contributed by atoms with Gasteiger partial charge >= 0.3 is 0 Å². The Labute approximate surface area is 397 Å². The van der Waals surface area contributed by atoms with E-state index >= 15 is 19.2 Å². The van der Waals surface area contributed by atoms with Crippen molar-refractivity contribution in [2.24, 2.45) is 0 Å². The molecule has 4 amide bonds. The van der Waals surface area contributed by atoms with Crippen LogP contribution >= 0.6 is 0 Å². The smallest absolute Gasteiger partial charge is 0.262 e. The van der Waals surface area contributed by atoms with Crippen LogP contribution in [0.1, 0.15) is 117 Å². The summed E-state index contributed by atoms with van der Waals surface area (Å²) in [5.41, 5.74) is 12.8. The minimum Gasteiger partial charge on any atom is -0.271 e. The number of imide groups is 2. The minimum absolute atomic E-state index is 0.292. The zero-order valence-electron chi connectivity index (χ0n) is 40.1. The monoisotopic (exact) mass is 890 g/mol. The number of hydrogen-bond acceptors (Lipinski definition) is 4. The third-order valence-corrected chi connectivity index (χ3v) is 15.2. The molecule has 11 rings (SSSR count). The van der Waals surface area contributed by atoms with Crippen molar-refractivity contribution < 1.29 is 19.2 Å². The van der Waals surface area contributed by atoms with Crippen molar-refractivity contribution in [2.45, 2.75) is 93.2 Å². The Kier molecular flexibility index (Phi) is 10.2. The molecule has 0 atom stereocenters. The van der Waals surface area contributed by atoms with Crippen molar-refractivity contribution in [1.29, 1.82) is 0 Å². The van der Waals surface area contributed by atoms with Gasteiger partial charge in [-0.1, -0.05) is 147 Å². The molecule has 68 heavy (non-hydrogen) atoms. The predicted molar refractivity (Wildman–Crippen MR) is 278 cm³/mol. The van der Waals surface area contributed by atoms with E-state index in [0.717, 1.165) is 99.1 Å². The summed E-state index contributed by atoms with van der Waals surface area (Å²) in [5.74, 6) is -1.17. The van der Waals surface area contributed by atoms with Crippen LogP contribution in [0.5, 0.6) is 0 Å². The number of carbonyl (C=O) groups excluding carboxylic acids is 4. The Bertz CT molecular complexity index is 3140. The highest BCUT2D eigenvalue weighted by Gasteiger charge is 2.44. The van der Waals surface area contributed by atoms with Crippen molar-refractivity contribution in [2.75, 3.05) is 0 Å². The molecule has 0 spiro atoms. The molecule has 0 aliphatic carbocycles. The largest absolute Gasteiger partial charge is 0.271 e.